The third kappa shape index (κ3) is 2.64. The molecular weight excluding hydrogens is 226 g/mol. The van der Waals surface area contributed by atoms with Gasteiger partial charge in [0.25, 0.3) is 6.01 Å². The van der Waals surface area contributed by atoms with E-state index < -0.39 is 0 Å². The van der Waals surface area contributed by atoms with Crippen LogP contribution in [0.4, 0.5) is 0 Å². The Hall–Kier alpha value is -1.97. The van der Waals surface area contributed by atoms with Gasteiger partial charge in [0.2, 0.25) is 0 Å². The highest BCUT2D eigenvalue weighted by Crippen LogP contribution is 2.17. The Kier molecular flexibility index (Phi) is 4.77. The number of imidazole rings is 1. The molecular formula is C14H21N3O. The third-order valence-electron chi connectivity index (χ3n) is 3.04. The first-order valence-corrected chi connectivity index (χ1v) is 6.11. The molecule has 0 aliphatic heterocycles. The van der Waals surface area contributed by atoms with Crippen molar-refractivity contribution in [2.24, 2.45) is 5.73 Å². The number of allylic oxidation sites excluding steroid dienone is 2. The molecule has 1 aromatic rings. The first-order valence-electron chi connectivity index (χ1n) is 6.11. The van der Waals surface area contributed by atoms with Crippen LogP contribution in [-0.2, 0) is 0 Å². The van der Waals surface area contributed by atoms with E-state index in [-0.39, 0.29) is 12.1 Å². The average Bonchev–Trinajstić information content (AvgIpc) is 2.64. The van der Waals surface area contributed by atoms with E-state index in [4.69, 9.17) is 5.73 Å². The fourth-order valence-electron chi connectivity index (χ4n) is 1.98. The first kappa shape index (κ1) is 14.1. The van der Waals surface area contributed by atoms with Crippen LogP contribution in [0.1, 0.15) is 32.7 Å². The molecule has 98 valence electrons. The van der Waals surface area contributed by atoms with Gasteiger partial charge in [-0.05, 0) is 24.5 Å². The number of hydrogen-bond acceptors (Lipinski definition) is 3. The molecule has 1 rings (SSSR count). The van der Waals surface area contributed by atoms with E-state index in [9.17, 15) is 5.11 Å². The molecule has 0 fully saturated rings. The molecule has 0 atom stereocenters. The predicted octanol–water partition coefficient (Wildman–Crippen LogP) is 1.17. The lowest BCUT2D eigenvalue weighted by atomic mass is 10.1. The lowest BCUT2D eigenvalue weighted by Gasteiger charge is -2.15. The monoisotopic (exact) mass is 247 g/mol. The summed E-state index contributed by atoms with van der Waals surface area (Å²) < 4.78 is 1.80. The maximum Gasteiger partial charge on any atom is 0.295 e. The zero-order chi connectivity index (χ0) is 13.7. The second-order valence-corrected chi connectivity index (χ2v) is 4.10. The minimum absolute atomic E-state index is 0.000355. The minimum Gasteiger partial charge on any atom is -0.480 e. The van der Waals surface area contributed by atoms with Crippen molar-refractivity contribution in [1.29, 1.82) is 0 Å². The summed E-state index contributed by atoms with van der Waals surface area (Å²) in [5, 5.41) is 11.2. The Bertz CT molecular complexity index is 550. The summed E-state index contributed by atoms with van der Waals surface area (Å²) in [6.07, 6.45) is 6.78. The number of hydrogen-bond donors (Lipinski definition) is 2. The van der Waals surface area contributed by atoms with Gasteiger partial charge in [-0.1, -0.05) is 33.1 Å². The molecule has 0 amide bonds. The largest absolute Gasteiger partial charge is 0.480 e. The number of aromatic hydroxyl groups is 1. The summed E-state index contributed by atoms with van der Waals surface area (Å²) in [6.45, 7) is 11.7. The van der Waals surface area contributed by atoms with Gasteiger partial charge >= 0.3 is 0 Å². The van der Waals surface area contributed by atoms with Crippen molar-refractivity contribution in [3.05, 3.63) is 35.1 Å². The quantitative estimate of drug-likeness (QED) is 0.768. The van der Waals surface area contributed by atoms with Gasteiger partial charge in [0.15, 0.2) is 0 Å². The summed E-state index contributed by atoms with van der Waals surface area (Å²) in [4.78, 5) is 4.02. The molecule has 1 aromatic heterocycles. The van der Waals surface area contributed by atoms with E-state index in [1.807, 2.05) is 6.08 Å². The second kappa shape index (κ2) is 6.10. The third-order valence-corrected chi connectivity index (χ3v) is 3.04. The van der Waals surface area contributed by atoms with Gasteiger partial charge in [-0.15, -0.1) is 0 Å². The maximum absolute atomic E-state index is 9.92. The smallest absolute Gasteiger partial charge is 0.295 e. The normalized spacial score (nSPS) is 13.3. The van der Waals surface area contributed by atoms with E-state index in [0.717, 1.165) is 23.8 Å². The molecule has 0 aliphatic carbocycles. The Labute approximate surface area is 107 Å². The standard InChI is InChI=1S/C14H21N3O/c1-5-11(9-15)8-13-10(4)16-14(18)17(13)12(6-2)7-3/h5,8-9,12H,1,4,6-7,15H2,2-3H3,(H,16,18)/b11-9-,13-8+. The van der Waals surface area contributed by atoms with E-state index >= 15 is 0 Å². The van der Waals surface area contributed by atoms with E-state index in [2.05, 4.69) is 32.0 Å². The molecule has 0 aromatic carbocycles. The zero-order valence-electron chi connectivity index (χ0n) is 11.1. The van der Waals surface area contributed by atoms with Crippen LogP contribution in [0.15, 0.2) is 24.4 Å². The van der Waals surface area contributed by atoms with Crippen molar-refractivity contribution in [3.63, 3.8) is 0 Å². The van der Waals surface area contributed by atoms with Gasteiger partial charge in [-0.3, -0.25) is 4.57 Å². The number of aromatic nitrogens is 2. The Balaban J connectivity index is 3.53. The predicted molar refractivity (Wildman–Crippen MR) is 75.2 cm³/mol. The first-order chi connectivity index (χ1) is 8.58. The van der Waals surface area contributed by atoms with Gasteiger partial charge in [-0.25, -0.2) is 0 Å². The van der Waals surface area contributed by atoms with Crippen LogP contribution in [0.2, 0.25) is 0 Å². The van der Waals surface area contributed by atoms with Crippen LogP contribution < -0.4 is 16.4 Å². The van der Waals surface area contributed by atoms with Crippen LogP contribution in [0.5, 0.6) is 6.01 Å². The van der Waals surface area contributed by atoms with Crippen LogP contribution in [0, 0.1) is 0 Å². The van der Waals surface area contributed by atoms with Crippen molar-refractivity contribution in [3.8, 4) is 6.01 Å². The summed E-state index contributed by atoms with van der Waals surface area (Å²) in [5.41, 5.74) is 6.27. The molecule has 0 radical (unpaired) electrons. The minimum atomic E-state index is 0.000355. The summed E-state index contributed by atoms with van der Waals surface area (Å²) in [5.74, 6) is 0. The van der Waals surface area contributed by atoms with Gasteiger partial charge < -0.3 is 10.8 Å². The van der Waals surface area contributed by atoms with Gasteiger partial charge in [-0.2, -0.15) is 4.98 Å². The molecule has 4 nitrogen and oxygen atoms in total. The molecule has 18 heavy (non-hydrogen) atoms. The van der Waals surface area contributed by atoms with Gasteiger partial charge in [0.1, 0.15) is 0 Å². The zero-order valence-corrected chi connectivity index (χ0v) is 11.1. The van der Waals surface area contributed by atoms with Crippen molar-refractivity contribution in [1.82, 2.24) is 9.55 Å². The highest BCUT2D eigenvalue weighted by molar-refractivity contribution is 5.51. The van der Waals surface area contributed by atoms with Crippen LogP contribution >= 0.6 is 0 Å². The fraction of sp³-hybridized carbons (Fsp3) is 0.357. The highest BCUT2D eigenvalue weighted by Gasteiger charge is 2.13. The summed E-state index contributed by atoms with van der Waals surface area (Å²) >= 11 is 0. The Morgan fingerprint density at radius 3 is 2.56 bits per heavy atom. The number of rotatable bonds is 5. The molecule has 0 saturated heterocycles. The summed E-state index contributed by atoms with van der Waals surface area (Å²) in [7, 11) is 0. The number of nitrogens with zero attached hydrogens (tertiary/aromatic N) is 2. The Morgan fingerprint density at radius 2 is 2.11 bits per heavy atom. The average molecular weight is 247 g/mol. The molecule has 0 spiro atoms. The molecule has 1 heterocycles. The molecule has 0 saturated carbocycles. The second-order valence-electron chi connectivity index (χ2n) is 4.10. The molecule has 0 bridgehead atoms. The summed E-state index contributed by atoms with van der Waals surface area (Å²) in [6, 6.07) is 0.198. The van der Waals surface area contributed by atoms with Crippen molar-refractivity contribution < 1.29 is 5.11 Å². The van der Waals surface area contributed by atoms with Crippen molar-refractivity contribution in [2.75, 3.05) is 0 Å². The SMILES string of the molecule is C=CC(=C/N)/C=c1\c(=C)nc(O)n1C(CC)CC. The number of nitrogens with two attached hydrogens (primary N) is 1. The maximum atomic E-state index is 9.92. The molecule has 3 N–H and O–H groups in total. The van der Waals surface area contributed by atoms with Crippen molar-refractivity contribution >= 4 is 12.7 Å². The van der Waals surface area contributed by atoms with Crippen molar-refractivity contribution in [2.45, 2.75) is 32.7 Å². The van der Waals surface area contributed by atoms with Crippen LogP contribution in [-0.4, -0.2) is 14.7 Å². The van der Waals surface area contributed by atoms with E-state index in [0.29, 0.717) is 5.35 Å². The highest BCUT2D eigenvalue weighted by atomic mass is 16.3. The van der Waals surface area contributed by atoms with Gasteiger partial charge in [0.05, 0.1) is 10.7 Å². The lowest BCUT2D eigenvalue weighted by Crippen LogP contribution is -2.31. The van der Waals surface area contributed by atoms with E-state index in [1.54, 1.807) is 10.6 Å². The lowest BCUT2D eigenvalue weighted by molar-refractivity contribution is 0.351. The van der Waals surface area contributed by atoms with E-state index in [1.165, 1.54) is 6.20 Å². The molecule has 0 aliphatic rings. The van der Waals surface area contributed by atoms with Crippen LogP contribution in [0.25, 0.3) is 12.7 Å². The van der Waals surface area contributed by atoms with Gasteiger partial charge in [0, 0.05) is 12.2 Å². The molecule has 4 heteroatoms. The Morgan fingerprint density at radius 1 is 1.50 bits per heavy atom. The van der Waals surface area contributed by atoms with Crippen LogP contribution in [0.3, 0.4) is 0 Å². The molecule has 0 unspecified atom stereocenters. The topological polar surface area (TPSA) is 64.1 Å². The fourth-order valence-corrected chi connectivity index (χ4v) is 1.98.